The standard InChI is InChI=1S/C32H37N5O6/c1-20(17-27(33)39)37-30(31(41)35-24-11-7-4-8-12-24)29(23-13-15-25(16-14-23)34-21(2)38)36-26(32(37)42)18-28(40)43-19-22-9-5-3-6-10-22/h3,5-6,9-10,13-16,20,24H,4,7-8,11-12,17-19H2,1-2H3,(H2,33,39)(H,34,38)(H,35,41). The molecule has 1 atom stereocenters. The minimum Gasteiger partial charge on any atom is -0.461 e. The van der Waals surface area contributed by atoms with Gasteiger partial charge in [0.15, 0.2) is 0 Å². The summed E-state index contributed by atoms with van der Waals surface area (Å²) in [6, 6.07) is 14.9. The first kappa shape index (κ1) is 31.1. The molecule has 1 heterocycles. The van der Waals surface area contributed by atoms with Crippen molar-refractivity contribution in [3.05, 3.63) is 81.9 Å². The van der Waals surface area contributed by atoms with Crippen LogP contribution in [0.2, 0.25) is 0 Å². The summed E-state index contributed by atoms with van der Waals surface area (Å²) in [6.45, 7) is 3.03. The van der Waals surface area contributed by atoms with E-state index in [0.29, 0.717) is 11.3 Å². The van der Waals surface area contributed by atoms with E-state index < -0.39 is 35.8 Å². The number of anilines is 1. The van der Waals surface area contributed by atoms with Crippen LogP contribution in [0.4, 0.5) is 5.69 Å². The van der Waals surface area contributed by atoms with Crippen LogP contribution in [0.25, 0.3) is 11.3 Å². The van der Waals surface area contributed by atoms with Crippen molar-refractivity contribution in [3.8, 4) is 11.3 Å². The fourth-order valence-electron chi connectivity index (χ4n) is 5.27. The van der Waals surface area contributed by atoms with Gasteiger partial charge < -0.3 is 21.1 Å². The fraction of sp³-hybridized carbons (Fsp3) is 0.375. The summed E-state index contributed by atoms with van der Waals surface area (Å²) in [7, 11) is 0. The summed E-state index contributed by atoms with van der Waals surface area (Å²) in [6.07, 6.45) is 4.02. The summed E-state index contributed by atoms with van der Waals surface area (Å²) in [5.74, 6) is -2.08. The molecule has 0 aliphatic heterocycles. The van der Waals surface area contributed by atoms with Crippen LogP contribution in [-0.4, -0.2) is 39.3 Å². The number of nitrogens with zero attached hydrogens (tertiary/aromatic N) is 2. The molecule has 1 aliphatic rings. The number of amides is 3. The highest BCUT2D eigenvalue weighted by atomic mass is 16.5. The zero-order valence-corrected chi connectivity index (χ0v) is 24.4. The third kappa shape index (κ3) is 8.37. The molecule has 0 bridgehead atoms. The Morgan fingerprint density at radius 3 is 2.33 bits per heavy atom. The second kappa shape index (κ2) is 14.4. The first-order valence-corrected chi connectivity index (χ1v) is 14.4. The van der Waals surface area contributed by atoms with Crippen LogP contribution in [0.3, 0.4) is 0 Å². The van der Waals surface area contributed by atoms with Crippen LogP contribution >= 0.6 is 0 Å². The van der Waals surface area contributed by atoms with Crippen LogP contribution in [0.5, 0.6) is 0 Å². The molecule has 2 aromatic carbocycles. The number of ether oxygens (including phenoxy) is 1. The van der Waals surface area contributed by atoms with E-state index in [2.05, 4.69) is 15.6 Å². The van der Waals surface area contributed by atoms with Crippen LogP contribution in [0.1, 0.15) is 80.2 Å². The topological polar surface area (TPSA) is 162 Å². The molecule has 1 fully saturated rings. The zero-order chi connectivity index (χ0) is 30.9. The second-order valence-corrected chi connectivity index (χ2v) is 10.8. The highest BCUT2D eigenvalue weighted by Gasteiger charge is 2.29. The average Bonchev–Trinajstić information content (AvgIpc) is 2.97. The van der Waals surface area contributed by atoms with Crippen molar-refractivity contribution in [2.45, 2.75) is 77.5 Å². The monoisotopic (exact) mass is 587 g/mol. The third-order valence-corrected chi connectivity index (χ3v) is 7.30. The number of carbonyl (C=O) groups is 4. The maximum absolute atomic E-state index is 13.9. The van der Waals surface area contributed by atoms with Gasteiger partial charge in [-0.1, -0.05) is 61.7 Å². The lowest BCUT2D eigenvalue weighted by atomic mass is 9.95. The first-order chi connectivity index (χ1) is 20.6. The Morgan fingerprint density at radius 2 is 1.70 bits per heavy atom. The molecule has 3 aromatic rings. The van der Waals surface area contributed by atoms with Gasteiger partial charge in [-0.3, -0.25) is 28.5 Å². The number of benzene rings is 2. The van der Waals surface area contributed by atoms with E-state index in [9.17, 15) is 24.0 Å². The number of hydrogen-bond acceptors (Lipinski definition) is 7. The van der Waals surface area contributed by atoms with Crippen molar-refractivity contribution in [1.29, 1.82) is 0 Å². The van der Waals surface area contributed by atoms with Gasteiger partial charge in [0.05, 0.1) is 6.42 Å². The van der Waals surface area contributed by atoms with Crippen molar-refractivity contribution in [3.63, 3.8) is 0 Å². The molecule has 43 heavy (non-hydrogen) atoms. The zero-order valence-electron chi connectivity index (χ0n) is 24.4. The van der Waals surface area contributed by atoms with Gasteiger partial charge >= 0.3 is 5.97 Å². The van der Waals surface area contributed by atoms with E-state index in [1.165, 1.54) is 11.5 Å². The number of aromatic nitrogens is 2. The number of rotatable bonds is 11. The molecule has 1 unspecified atom stereocenters. The Kier molecular flexibility index (Phi) is 10.4. The fourth-order valence-corrected chi connectivity index (χ4v) is 5.27. The number of carbonyl (C=O) groups excluding carboxylic acids is 4. The van der Waals surface area contributed by atoms with Crippen molar-refractivity contribution in [2.75, 3.05) is 5.32 Å². The molecule has 4 N–H and O–H groups in total. The molecule has 0 radical (unpaired) electrons. The quantitative estimate of drug-likeness (QED) is 0.288. The molecule has 4 rings (SSSR count). The molecule has 1 aliphatic carbocycles. The number of esters is 1. The molecule has 226 valence electrons. The molecule has 11 heteroatoms. The normalized spacial score (nSPS) is 14.0. The minimum absolute atomic E-state index is 0.0191. The molecule has 3 amide bonds. The largest absolute Gasteiger partial charge is 0.461 e. The lowest BCUT2D eigenvalue weighted by molar-refractivity contribution is -0.144. The minimum atomic E-state index is -0.809. The van der Waals surface area contributed by atoms with Gasteiger partial charge in [0, 0.05) is 36.7 Å². The Morgan fingerprint density at radius 1 is 1.02 bits per heavy atom. The van der Waals surface area contributed by atoms with Crippen LogP contribution in [-0.2, 0) is 32.1 Å². The maximum atomic E-state index is 13.9. The van der Waals surface area contributed by atoms with E-state index in [1.54, 1.807) is 31.2 Å². The van der Waals surface area contributed by atoms with Crippen molar-refractivity contribution in [1.82, 2.24) is 14.9 Å². The Balaban J connectivity index is 1.80. The van der Waals surface area contributed by atoms with Gasteiger partial charge in [-0.25, -0.2) is 4.98 Å². The highest BCUT2D eigenvalue weighted by Crippen LogP contribution is 2.27. The number of primary amides is 1. The lowest BCUT2D eigenvalue weighted by Crippen LogP contribution is -2.42. The lowest BCUT2D eigenvalue weighted by Gasteiger charge is -2.26. The van der Waals surface area contributed by atoms with E-state index in [-0.39, 0.29) is 42.1 Å². The predicted octanol–water partition coefficient (Wildman–Crippen LogP) is 3.65. The Labute approximate surface area is 249 Å². The number of nitrogens with one attached hydrogen (secondary N) is 2. The summed E-state index contributed by atoms with van der Waals surface area (Å²) >= 11 is 0. The van der Waals surface area contributed by atoms with Gasteiger partial charge in [0.1, 0.15) is 23.7 Å². The summed E-state index contributed by atoms with van der Waals surface area (Å²) in [4.78, 5) is 68.7. The van der Waals surface area contributed by atoms with E-state index >= 15 is 0 Å². The maximum Gasteiger partial charge on any atom is 0.312 e. The Bertz CT molecular complexity index is 1530. The molecule has 1 aromatic heterocycles. The van der Waals surface area contributed by atoms with Crippen molar-refractivity contribution >= 4 is 29.4 Å². The second-order valence-electron chi connectivity index (χ2n) is 10.8. The predicted molar refractivity (Wildman–Crippen MR) is 161 cm³/mol. The molecule has 11 nitrogen and oxygen atoms in total. The highest BCUT2D eigenvalue weighted by molar-refractivity contribution is 5.99. The summed E-state index contributed by atoms with van der Waals surface area (Å²) in [5, 5.41) is 5.75. The third-order valence-electron chi connectivity index (χ3n) is 7.30. The van der Waals surface area contributed by atoms with Gasteiger partial charge in [-0.15, -0.1) is 0 Å². The number of nitrogens with two attached hydrogens (primary N) is 1. The van der Waals surface area contributed by atoms with E-state index in [4.69, 9.17) is 10.5 Å². The van der Waals surface area contributed by atoms with E-state index in [1.807, 2.05) is 30.3 Å². The summed E-state index contributed by atoms with van der Waals surface area (Å²) < 4.78 is 6.62. The average molecular weight is 588 g/mol. The summed E-state index contributed by atoms with van der Waals surface area (Å²) in [5.41, 5.74) is 6.60. The molecule has 0 saturated heterocycles. The van der Waals surface area contributed by atoms with Crippen molar-refractivity contribution in [2.24, 2.45) is 5.73 Å². The molecule has 1 saturated carbocycles. The van der Waals surface area contributed by atoms with Crippen molar-refractivity contribution < 1.29 is 23.9 Å². The smallest absolute Gasteiger partial charge is 0.312 e. The number of hydrogen-bond donors (Lipinski definition) is 3. The van der Waals surface area contributed by atoms with Gasteiger partial charge in [0.25, 0.3) is 11.5 Å². The van der Waals surface area contributed by atoms with Gasteiger partial charge in [-0.05, 0) is 37.5 Å². The molecule has 0 spiro atoms. The van der Waals surface area contributed by atoms with E-state index in [0.717, 1.165) is 37.7 Å². The molecular weight excluding hydrogens is 550 g/mol. The van der Waals surface area contributed by atoms with Crippen LogP contribution in [0.15, 0.2) is 59.4 Å². The Hall–Kier alpha value is -4.80. The molecular formula is C32H37N5O6. The van der Waals surface area contributed by atoms with Gasteiger partial charge in [-0.2, -0.15) is 0 Å². The van der Waals surface area contributed by atoms with Crippen LogP contribution < -0.4 is 21.9 Å². The van der Waals surface area contributed by atoms with Crippen LogP contribution in [0, 0.1) is 0 Å². The first-order valence-electron chi connectivity index (χ1n) is 14.4. The van der Waals surface area contributed by atoms with Gasteiger partial charge in [0.2, 0.25) is 11.8 Å². The SMILES string of the molecule is CC(=O)Nc1ccc(-c2nc(CC(=O)OCc3ccccc3)c(=O)n(C(C)CC(N)=O)c2C(=O)NC2CCCCC2)cc1.